The van der Waals surface area contributed by atoms with Crippen molar-refractivity contribution in [2.75, 3.05) is 0 Å². The summed E-state index contributed by atoms with van der Waals surface area (Å²) in [6, 6.07) is 7.19. The largest absolute Gasteiger partial charge is 0.304 e. The second-order valence-corrected chi connectivity index (χ2v) is 3.25. The van der Waals surface area contributed by atoms with E-state index in [2.05, 4.69) is 15.0 Å². The van der Waals surface area contributed by atoms with Crippen molar-refractivity contribution in [3.63, 3.8) is 0 Å². The molecule has 2 aromatic rings. The number of aryl methyl sites for hydroxylation is 1. The Morgan fingerprint density at radius 2 is 2.25 bits per heavy atom. The van der Waals surface area contributed by atoms with Crippen molar-refractivity contribution < 1.29 is 0 Å². The van der Waals surface area contributed by atoms with Crippen LogP contribution in [-0.2, 0) is 0 Å². The van der Waals surface area contributed by atoms with E-state index in [1.807, 2.05) is 19.1 Å². The molecule has 0 aromatic carbocycles. The van der Waals surface area contributed by atoms with Gasteiger partial charge >= 0.3 is 0 Å². The van der Waals surface area contributed by atoms with Gasteiger partial charge in [0.05, 0.1) is 6.20 Å². The number of aromatic nitrogens is 3. The molecule has 0 saturated heterocycles. The number of pyridine rings is 1. The molecule has 2 aromatic heterocycles. The highest BCUT2D eigenvalue weighted by molar-refractivity contribution is 5.49. The fourth-order valence-electron chi connectivity index (χ4n) is 1.28. The number of H-pyrrole nitrogens is 1. The lowest BCUT2D eigenvalue weighted by molar-refractivity contribution is 1.07. The zero-order chi connectivity index (χ0) is 11.5. The summed E-state index contributed by atoms with van der Waals surface area (Å²) in [5.74, 6) is 0.368. The van der Waals surface area contributed by atoms with E-state index in [1.165, 1.54) is 6.20 Å². The van der Waals surface area contributed by atoms with Gasteiger partial charge in [-0.1, -0.05) is 6.07 Å². The van der Waals surface area contributed by atoms with Crippen LogP contribution in [0.25, 0.3) is 11.5 Å². The molecule has 0 unspecified atom stereocenters. The number of nitrogens with one attached hydrogen (secondary N) is 1. The Morgan fingerprint density at radius 3 is 2.88 bits per heavy atom. The Hall–Kier alpha value is -2.48. The molecule has 5 heteroatoms. The fraction of sp³-hybridized carbons (Fsp3) is 0.0909. The van der Waals surface area contributed by atoms with Gasteiger partial charge in [-0.05, 0) is 19.1 Å². The monoisotopic (exact) mass is 212 g/mol. The fourth-order valence-corrected chi connectivity index (χ4v) is 1.28. The molecule has 1 N–H and O–H groups in total. The number of rotatable bonds is 1. The number of aromatic amines is 1. The summed E-state index contributed by atoms with van der Waals surface area (Å²) in [4.78, 5) is 22.1. The van der Waals surface area contributed by atoms with Gasteiger partial charge in [0.1, 0.15) is 17.3 Å². The minimum Gasteiger partial charge on any atom is -0.304 e. The van der Waals surface area contributed by atoms with Crippen molar-refractivity contribution in [2.24, 2.45) is 0 Å². The Labute approximate surface area is 91.4 Å². The molecule has 2 heterocycles. The highest BCUT2D eigenvalue weighted by Crippen LogP contribution is 2.09. The van der Waals surface area contributed by atoms with Gasteiger partial charge in [-0.25, -0.2) is 9.97 Å². The third-order valence-corrected chi connectivity index (χ3v) is 2.05. The van der Waals surface area contributed by atoms with Crippen LogP contribution in [0.4, 0.5) is 0 Å². The maximum Gasteiger partial charge on any atom is 0.269 e. The normalized spacial score (nSPS) is 9.75. The zero-order valence-electron chi connectivity index (χ0n) is 8.56. The minimum atomic E-state index is -0.448. The maximum atomic E-state index is 11.4. The van der Waals surface area contributed by atoms with E-state index in [9.17, 15) is 4.79 Å². The van der Waals surface area contributed by atoms with E-state index < -0.39 is 5.56 Å². The molecule has 0 radical (unpaired) electrons. The second kappa shape index (κ2) is 3.95. The summed E-state index contributed by atoms with van der Waals surface area (Å²) >= 11 is 0. The van der Waals surface area contributed by atoms with Crippen molar-refractivity contribution in [3.8, 4) is 17.6 Å². The van der Waals surface area contributed by atoms with Gasteiger partial charge in [0.2, 0.25) is 0 Å². The highest BCUT2D eigenvalue weighted by atomic mass is 16.1. The van der Waals surface area contributed by atoms with Gasteiger partial charge in [-0.2, -0.15) is 5.26 Å². The summed E-state index contributed by atoms with van der Waals surface area (Å²) in [6.07, 6.45) is 1.25. The first-order chi connectivity index (χ1) is 7.70. The first kappa shape index (κ1) is 10.1. The molecule has 0 saturated carbocycles. The van der Waals surface area contributed by atoms with Crippen molar-refractivity contribution in [1.82, 2.24) is 15.0 Å². The lowest BCUT2D eigenvalue weighted by Gasteiger charge is -2.00. The molecular weight excluding hydrogens is 204 g/mol. The summed E-state index contributed by atoms with van der Waals surface area (Å²) < 4.78 is 0. The molecule has 0 aliphatic rings. The Balaban J connectivity index is 2.55. The van der Waals surface area contributed by atoms with Gasteiger partial charge in [0.25, 0.3) is 5.56 Å². The SMILES string of the molecule is Cc1cccc(-c2ncc(C#N)c(=O)[nH]2)n1. The molecule has 0 spiro atoms. The number of nitriles is 1. The van der Waals surface area contributed by atoms with Crippen LogP contribution in [0.5, 0.6) is 0 Å². The van der Waals surface area contributed by atoms with E-state index >= 15 is 0 Å². The van der Waals surface area contributed by atoms with Crippen LogP contribution >= 0.6 is 0 Å². The first-order valence-corrected chi connectivity index (χ1v) is 4.64. The molecule has 0 fully saturated rings. The van der Waals surface area contributed by atoms with Crippen molar-refractivity contribution in [2.45, 2.75) is 6.92 Å². The van der Waals surface area contributed by atoms with Crippen LogP contribution < -0.4 is 5.56 Å². The summed E-state index contributed by atoms with van der Waals surface area (Å²) in [7, 11) is 0. The van der Waals surface area contributed by atoms with E-state index in [0.717, 1.165) is 5.69 Å². The summed E-state index contributed by atoms with van der Waals surface area (Å²) in [6.45, 7) is 1.85. The molecule has 0 aliphatic carbocycles. The molecule has 0 bridgehead atoms. The lowest BCUT2D eigenvalue weighted by Crippen LogP contribution is -2.12. The molecular formula is C11H8N4O. The standard InChI is InChI=1S/C11H8N4O/c1-7-3-2-4-9(14-7)10-13-6-8(5-12)11(16)15-10/h2-4,6H,1H3,(H,13,15,16). The molecule has 0 amide bonds. The Bertz CT molecular complexity index is 624. The number of hydrogen-bond donors (Lipinski definition) is 1. The van der Waals surface area contributed by atoms with Crippen LogP contribution in [0.15, 0.2) is 29.2 Å². The van der Waals surface area contributed by atoms with Crippen LogP contribution in [0.2, 0.25) is 0 Å². The lowest BCUT2D eigenvalue weighted by atomic mass is 10.3. The van der Waals surface area contributed by atoms with Gasteiger partial charge in [-0.15, -0.1) is 0 Å². The van der Waals surface area contributed by atoms with Crippen LogP contribution in [0, 0.1) is 18.3 Å². The summed E-state index contributed by atoms with van der Waals surface area (Å²) in [5, 5.41) is 8.60. The molecule has 0 aliphatic heterocycles. The Kier molecular flexibility index (Phi) is 2.48. The molecule has 5 nitrogen and oxygen atoms in total. The number of nitrogens with zero attached hydrogens (tertiary/aromatic N) is 3. The minimum absolute atomic E-state index is 0.00333. The molecule has 16 heavy (non-hydrogen) atoms. The van der Waals surface area contributed by atoms with Crippen LogP contribution in [0.3, 0.4) is 0 Å². The third kappa shape index (κ3) is 1.81. The van der Waals surface area contributed by atoms with E-state index in [1.54, 1.807) is 12.1 Å². The average Bonchev–Trinajstić information content (AvgIpc) is 2.29. The van der Waals surface area contributed by atoms with Crippen molar-refractivity contribution in [3.05, 3.63) is 46.0 Å². The van der Waals surface area contributed by atoms with E-state index in [4.69, 9.17) is 5.26 Å². The molecule has 2 rings (SSSR count). The van der Waals surface area contributed by atoms with Crippen molar-refractivity contribution >= 4 is 0 Å². The quantitative estimate of drug-likeness (QED) is 0.764. The van der Waals surface area contributed by atoms with Crippen molar-refractivity contribution in [1.29, 1.82) is 5.26 Å². The van der Waals surface area contributed by atoms with Crippen LogP contribution in [-0.4, -0.2) is 15.0 Å². The average molecular weight is 212 g/mol. The Morgan fingerprint density at radius 1 is 1.44 bits per heavy atom. The molecule has 0 atom stereocenters. The number of hydrogen-bond acceptors (Lipinski definition) is 4. The first-order valence-electron chi connectivity index (χ1n) is 4.64. The highest BCUT2D eigenvalue weighted by Gasteiger charge is 2.04. The van der Waals surface area contributed by atoms with Gasteiger partial charge < -0.3 is 4.98 Å². The van der Waals surface area contributed by atoms with E-state index in [0.29, 0.717) is 11.5 Å². The smallest absolute Gasteiger partial charge is 0.269 e. The van der Waals surface area contributed by atoms with Gasteiger partial charge in [0, 0.05) is 5.69 Å². The van der Waals surface area contributed by atoms with E-state index in [-0.39, 0.29) is 5.56 Å². The van der Waals surface area contributed by atoms with Gasteiger partial charge in [0.15, 0.2) is 5.82 Å². The predicted molar refractivity (Wildman–Crippen MR) is 57.5 cm³/mol. The van der Waals surface area contributed by atoms with Crippen LogP contribution in [0.1, 0.15) is 11.3 Å². The zero-order valence-corrected chi connectivity index (χ0v) is 8.56. The summed E-state index contributed by atoms with van der Waals surface area (Å²) in [5.41, 5.74) is 0.971. The maximum absolute atomic E-state index is 11.4. The topological polar surface area (TPSA) is 82.4 Å². The molecule has 78 valence electrons. The second-order valence-electron chi connectivity index (χ2n) is 3.25. The predicted octanol–water partition coefficient (Wildman–Crippen LogP) is 1.01. The third-order valence-electron chi connectivity index (χ3n) is 2.05. The van der Waals surface area contributed by atoms with Gasteiger partial charge in [-0.3, -0.25) is 4.79 Å².